The largest absolute Gasteiger partial charge is 0.355 e. The number of carbonyl (C=O) groups excluding carboxylic acids is 1. The van der Waals surface area contributed by atoms with Crippen molar-refractivity contribution in [1.29, 1.82) is 0 Å². The standard InChI is InChI=1S/C21H23N5O2/c1-14-18-19(22-13-23-20(18)28-24-14)25-9-4-7-17(12-25)21(27)26-10-8-15-5-2-3-6-16(15)11-26/h2-3,5-6,13,17H,4,7-12H2,1H3/t17-/m1/s1. The molecule has 4 heterocycles. The summed E-state index contributed by atoms with van der Waals surface area (Å²) in [6.07, 6.45) is 4.33. The van der Waals surface area contributed by atoms with Gasteiger partial charge in [-0.2, -0.15) is 4.98 Å². The molecule has 0 spiro atoms. The molecule has 0 aliphatic carbocycles. The van der Waals surface area contributed by atoms with Crippen LogP contribution in [0.15, 0.2) is 35.1 Å². The van der Waals surface area contributed by atoms with Gasteiger partial charge in [0.1, 0.15) is 17.5 Å². The minimum atomic E-state index is -0.0100. The van der Waals surface area contributed by atoms with Crippen LogP contribution < -0.4 is 4.90 Å². The molecular weight excluding hydrogens is 354 g/mol. The number of hydrogen-bond donors (Lipinski definition) is 0. The number of piperidine rings is 1. The monoisotopic (exact) mass is 377 g/mol. The maximum absolute atomic E-state index is 13.3. The van der Waals surface area contributed by atoms with E-state index in [1.54, 1.807) is 0 Å². The third kappa shape index (κ3) is 2.91. The van der Waals surface area contributed by atoms with Crippen LogP contribution in [0.2, 0.25) is 0 Å². The Hall–Kier alpha value is -2.96. The maximum atomic E-state index is 13.3. The van der Waals surface area contributed by atoms with Gasteiger partial charge in [-0.15, -0.1) is 0 Å². The highest BCUT2D eigenvalue weighted by Gasteiger charge is 2.32. The van der Waals surface area contributed by atoms with Crippen molar-refractivity contribution in [3.8, 4) is 0 Å². The van der Waals surface area contributed by atoms with Gasteiger partial charge >= 0.3 is 0 Å². The molecule has 2 aliphatic rings. The lowest BCUT2D eigenvalue weighted by Crippen LogP contribution is -2.46. The summed E-state index contributed by atoms with van der Waals surface area (Å²) in [5.41, 5.74) is 3.92. The molecule has 1 fully saturated rings. The Morgan fingerprint density at radius 2 is 2.04 bits per heavy atom. The first-order chi connectivity index (χ1) is 13.7. The van der Waals surface area contributed by atoms with Gasteiger partial charge in [-0.05, 0) is 37.3 Å². The first-order valence-corrected chi connectivity index (χ1v) is 9.88. The molecule has 1 saturated heterocycles. The molecule has 1 amide bonds. The van der Waals surface area contributed by atoms with Gasteiger partial charge in [-0.3, -0.25) is 4.79 Å². The van der Waals surface area contributed by atoms with Crippen LogP contribution in [-0.4, -0.2) is 45.6 Å². The summed E-state index contributed by atoms with van der Waals surface area (Å²) in [5.74, 6) is 1.07. The smallest absolute Gasteiger partial charge is 0.263 e. The molecule has 1 atom stereocenters. The molecule has 0 unspecified atom stereocenters. The van der Waals surface area contributed by atoms with Crippen LogP contribution in [0.25, 0.3) is 11.1 Å². The summed E-state index contributed by atoms with van der Waals surface area (Å²) in [7, 11) is 0. The van der Waals surface area contributed by atoms with E-state index in [-0.39, 0.29) is 11.8 Å². The van der Waals surface area contributed by atoms with Gasteiger partial charge in [0.15, 0.2) is 0 Å². The second kappa shape index (κ2) is 6.89. The van der Waals surface area contributed by atoms with E-state index >= 15 is 0 Å². The van der Waals surface area contributed by atoms with Crippen molar-refractivity contribution < 1.29 is 9.32 Å². The van der Waals surface area contributed by atoms with E-state index in [1.165, 1.54) is 17.5 Å². The van der Waals surface area contributed by atoms with Gasteiger partial charge in [-0.25, -0.2) is 4.98 Å². The number of carbonyl (C=O) groups is 1. The fraction of sp³-hybridized carbons (Fsp3) is 0.429. The molecule has 7 heteroatoms. The van der Waals surface area contributed by atoms with Crippen LogP contribution in [0.5, 0.6) is 0 Å². The zero-order valence-electron chi connectivity index (χ0n) is 16.0. The highest BCUT2D eigenvalue weighted by Crippen LogP contribution is 2.30. The maximum Gasteiger partial charge on any atom is 0.263 e. The lowest BCUT2D eigenvalue weighted by molar-refractivity contribution is -0.136. The van der Waals surface area contributed by atoms with Crippen molar-refractivity contribution in [1.82, 2.24) is 20.0 Å². The van der Waals surface area contributed by atoms with Crippen LogP contribution >= 0.6 is 0 Å². The summed E-state index contributed by atoms with van der Waals surface area (Å²) in [5, 5.41) is 4.87. The predicted molar refractivity (Wildman–Crippen MR) is 105 cm³/mol. The van der Waals surface area contributed by atoms with E-state index in [0.29, 0.717) is 18.8 Å². The molecule has 0 saturated carbocycles. The van der Waals surface area contributed by atoms with Crippen molar-refractivity contribution in [2.24, 2.45) is 5.92 Å². The molecule has 144 valence electrons. The zero-order chi connectivity index (χ0) is 19.1. The number of aryl methyl sites for hydroxylation is 1. The first-order valence-electron chi connectivity index (χ1n) is 9.88. The first kappa shape index (κ1) is 17.2. The number of fused-ring (bicyclic) bond motifs is 2. The number of hydrogen-bond acceptors (Lipinski definition) is 6. The van der Waals surface area contributed by atoms with Crippen LogP contribution in [0.4, 0.5) is 5.82 Å². The Balaban J connectivity index is 1.36. The van der Waals surface area contributed by atoms with E-state index in [4.69, 9.17) is 4.52 Å². The number of rotatable bonds is 2. The van der Waals surface area contributed by atoms with Gasteiger partial charge in [0, 0.05) is 26.2 Å². The van der Waals surface area contributed by atoms with Crippen molar-refractivity contribution in [3.63, 3.8) is 0 Å². The third-order valence-electron chi connectivity index (χ3n) is 5.94. The lowest BCUT2D eigenvalue weighted by Gasteiger charge is -2.37. The molecule has 0 bridgehead atoms. The summed E-state index contributed by atoms with van der Waals surface area (Å²) in [6, 6.07) is 8.43. The average molecular weight is 377 g/mol. The number of nitrogens with zero attached hydrogens (tertiary/aromatic N) is 5. The number of anilines is 1. The topological polar surface area (TPSA) is 75.4 Å². The Labute approximate surface area is 163 Å². The van der Waals surface area contributed by atoms with Crippen LogP contribution in [0.3, 0.4) is 0 Å². The molecular formula is C21H23N5O2. The minimum Gasteiger partial charge on any atom is -0.355 e. The predicted octanol–water partition coefficient (Wildman–Crippen LogP) is 2.73. The summed E-state index contributed by atoms with van der Waals surface area (Å²) >= 11 is 0. The van der Waals surface area contributed by atoms with Crippen LogP contribution in [0.1, 0.15) is 29.7 Å². The van der Waals surface area contributed by atoms with E-state index in [9.17, 15) is 4.79 Å². The highest BCUT2D eigenvalue weighted by atomic mass is 16.5. The molecule has 0 radical (unpaired) electrons. The van der Waals surface area contributed by atoms with Gasteiger partial charge < -0.3 is 14.3 Å². The molecule has 7 nitrogen and oxygen atoms in total. The molecule has 3 aromatic rings. The SMILES string of the molecule is Cc1noc2ncnc(N3CCC[C@@H](C(=O)N4CCc5ccccc5C4)C3)c12. The average Bonchev–Trinajstić information content (AvgIpc) is 3.14. The van der Waals surface area contributed by atoms with E-state index in [1.807, 2.05) is 11.8 Å². The molecule has 2 aliphatic heterocycles. The quantitative estimate of drug-likeness (QED) is 0.684. The van der Waals surface area contributed by atoms with Gasteiger partial charge in [-0.1, -0.05) is 29.4 Å². The van der Waals surface area contributed by atoms with E-state index in [2.05, 4.69) is 44.3 Å². The van der Waals surface area contributed by atoms with Crippen LogP contribution in [-0.2, 0) is 17.8 Å². The molecule has 0 N–H and O–H groups in total. The van der Waals surface area contributed by atoms with Crippen LogP contribution in [0, 0.1) is 12.8 Å². The molecule has 1 aromatic carbocycles. The van der Waals surface area contributed by atoms with E-state index in [0.717, 1.165) is 49.2 Å². The lowest BCUT2D eigenvalue weighted by atomic mass is 9.94. The van der Waals surface area contributed by atoms with Crippen molar-refractivity contribution in [2.75, 3.05) is 24.5 Å². The highest BCUT2D eigenvalue weighted by molar-refractivity contribution is 5.88. The number of benzene rings is 1. The summed E-state index contributed by atoms with van der Waals surface area (Å²) in [6.45, 7) is 4.97. The Morgan fingerprint density at radius 3 is 2.93 bits per heavy atom. The van der Waals surface area contributed by atoms with Crippen molar-refractivity contribution in [3.05, 3.63) is 47.4 Å². The third-order valence-corrected chi connectivity index (χ3v) is 5.94. The normalized spacial score (nSPS) is 19.7. The molecule has 28 heavy (non-hydrogen) atoms. The Bertz CT molecular complexity index is 1030. The van der Waals surface area contributed by atoms with Gasteiger partial charge in [0.25, 0.3) is 5.71 Å². The van der Waals surface area contributed by atoms with E-state index < -0.39 is 0 Å². The fourth-order valence-corrected chi connectivity index (χ4v) is 4.46. The van der Waals surface area contributed by atoms with Gasteiger partial charge in [0.2, 0.25) is 5.91 Å². The Kier molecular flexibility index (Phi) is 4.22. The second-order valence-corrected chi connectivity index (χ2v) is 7.71. The Morgan fingerprint density at radius 1 is 1.18 bits per heavy atom. The number of aromatic nitrogens is 3. The number of amides is 1. The second-order valence-electron chi connectivity index (χ2n) is 7.71. The summed E-state index contributed by atoms with van der Waals surface area (Å²) in [4.78, 5) is 26.1. The van der Waals surface area contributed by atoms with Crippen molar-refractivity contribution in [2.45, 2.75) is 32.7 Å². The fourth-order valence-electron chi connectivity index (χ4n) is 4.46. The molecule has 5 rings (SSSR count). The van der Waals surface area contributed by atoms with Crippen molar-refractivity contribution >= 4 is 22.8 Å². The minimum absolute atomic E-state index is 0.0100. The van der Waals surface area contributed by atoms with Gasteiger partial charge in [0.05, 0.1) is 11.6 Å². The summed E-state index contributed by atoms with van der Waals surface area (Å²) < 4.78 is 5.28. The zero-order valence-corrected chi connectivity index (χ0v) is 16.0. The molecule has 2 aromatic heterocycles.